The van der Waals surface area contributed by atoms with Crippen molar-refractivity contribution >= 4 is 18.9 Å². The van der Waals surface area contributed by atoms with Crippen LogP contribution >= 0.6 is 0 Å². The van der Waals surface area contributed by atoms with E-state index < -0.39 is 8.56 Å². The maximum atomic E-state index is 10.3. The highest BCUT2D eigenvalue weighted by Gasteiger charge is 2.34. The molecular weight excluding hydrogens is 228 g/mol. The van der Waals surface area contributed by atoms with E-state index in [0.29, 0.717) is 10.4 Å². The van der Waals surface area contributed by atoms with Crippen LogP contribution in [0, 0.1) is 0 Å². The molecule has 0 amide bonds. The molecule has 2 nitrogen and oxygen atoms in total. The second-order valence-electron chi connectivity index (χ2n) is 4.09. The number of hydrogen-bond donors (Lipinski definition) is 2. The number of benzene rings is 2. The van der Waals surface area contributed by atoms with Crippen molar-refractivity contribution in [3.8, 4) is 0 Å². The number of rotatable bonds is 3. The van der Waals surface area contributed by atoms with Gasteiger partial charge in [0.2, 0.25) is 0 Å². The van der Waals surface area contributed by atoms with Crippen molar-refractivity contribution in [2.45, 2.75) is 13.3 Å². The van der Waals surface area contributed by atoms with Gasteiger partial charge in [-0.25, -0.2) is 0 Å². The van der Waals surface area contributed by atoms with Crippen molar-refractivity contribution in [1.82, 2.24) is 0 Å². The van der Waals surface area contributed by atoms with Crippen molar-refractivity contribution in [3.05, 3.63) is 60.2 Å². The summed E-state index contributed by atoms with van der Waals surface area (Å²) in [5, 5.41) is 1.24. The Morgan fingerprint density at radius 3 is 1.88 bits per heavy atom. The summed E-state index contributed by atoms with van der Waals surface area (Å²) in [4.78, 5) is 20.6. The van der Waals surface area contributed by atoms with Gasteiger partial charge < -0.3 is 9.59 Å². The van der Waals surface area contributed by atoms with Gasteiger partial charge in [-0.2, -0.15) is 0 Å². The molecule has 0 radical (unpaired) electrons. The van der Waals surface area contributed by atoms with E-state index >= 15 is 0 Å². The topological polar surface area (TPSA) is 40.5 Å². The monoisotopic (exact) mass is 244 g/mol. The summed E-state index contributed by atoms with van der Waals surface area (Å²) in [7, 11) is -3.49. The normalized spacial score (nSPS) is 11.5. The molecule has 2 aromatic carbocycles. The quantitative estimate of drug-likeness (QED) is 0.784. The standard InChI is InChI=1S/C14H16O2Si/c1-2-12-8-10-14(11-9-12)17(15,16)13-6-4-3-5-7-13/h3-11,15-16H,2H2,1H3. The minimum atomic E-state index is -3.49. The van der Waals surface area contributed by atoms with Crippen molar-refractivity contribution in [3.63, 3.8) is 0 Å². The molecular formula is C14H16O2Si. The van der Waals surface area contributed by atoms with E-state index in [1.807, 2.05) is 42.5 Å². The fraction of sp³-hybridized carbons (Fsp3) is 0.143. The van der Waals surface area contributed by atoms with E-state index in [1.54, 1.807) is 12.1 Å². The zero-order valence-electron chi connectivity index (χ0n) is 9.80. The van der Waals surface area contributed by atoms with Crippen LogP contribution < -0.4 is 10.4 Å². The van der Waals surface area contributed by atoms with E-state index in [0.717, 1.165) is 6.42 Å². The SMILES string of the molecule is CCc1ccc([Si](O)(O)c2ccccc2)cc1. The third kappa shape index (κ3) is 2.47. The lowest BCUT2D eigenvalue weighted by Crippen LogP contribution is -2.59. The van der Waals surface area contributed by atoms with Crippen LogP contribution in [0.1, 0.15) is 12.5 Å². The molecule has 0 saturated heterocycles. The van der Waals surface area contributed by atoms with Crippen LogP contribution in [0.5, 0.6) is 0 Å². The van der Waals surface area contributed by atoms with Gasteiger partial charge in [-0.1, -0.05) is 61.5 Å². The maximum absolute atomic E-state index is 10.3. The molecule has 17 heavy (non-hydrogen) atoms. The van der Waals surface area contributed by atoms with Gasteiger partial charge in [-0.15, -0.1) is 0 Å². The molecule has 0 aromatic heterocycles. The fourth-order valence-corrected chi connectivity index (χ4v) is 3.43. The number of hydrogen-bond acceptors (Lipinski definition) is 2. The first-order chi connectivity index (χ1) is 8.14. The molecule has 88 valence electrons. The molecule has 0 atom stereocenters. The average molecular weight is 244 g/mol. The smallest absolute Gasteiger partial charge is 0.401 e. The summed E-state index contributed by atoms with van der Waals surface area (Å²) in [6.07, 6.45) is 0.955. The third-order valence-corrected chi connectivity index (χ3v) is 5.22. The molecule has 0 aliphatic carbocycles. The Morgan fingerprint density at radius 1 is 0.824 bits per heavy atom. The molecule has 0 bridgehead atoms. The highest BCUT2D eigenvalue weighted by molar-refractivity contribution is 6.90. The summed E-state index contributed by atoms with van der Waals surface area (Å²) in [5.74, 6) is 0. The van der Waals surface area contributed by atoms with Crippen LogP contribution in [-0.4, -0.2) is 18.2 Å². The lowest BCUT2D eigenvalue weighted by molar-refractivity contribution is 0.401. The summed E-state index contributed by atoms with van der Waals surface area (Å²) >= 11 is 0. The molecule has 0 aliphatic heterocycles. The van der Waals surface area contributed by atoms with Crippen molar-refractivity contribution in [1.29, 1.82) is 0 Å². The van der Waals surface area contributed by atoms with Crippen LogP contribution in [0.2, 0.25) is 0 Å². The zero-order valence-corrected chi connectivity index (χ0v) is 10.8. The second kappa shape index (κ2) is 4.83. The third-order valence-electron chi connectivity index (χ3n) is 2.94. The molecule has 0 saturated carbocycles. The van der Waals surface area contributed by atoms with Crippen LogP contribution in [0.4, 0.5) is 0 Å². The van der Waals surface area contributed by atoms with Crippen LogP contribution in [-0.2, 0) is 6.42 Å². The first-order valence-corrected chi connectivity index (χ1v) is 7.63. The van der Waals surface area contributed by atoms with Gasteiger partial charge in [0.25, 0.3) is 0 Å². The first-order valence-electron chi connectivity index (χ1n) is 5.74. The van der Waals surface area contributed by atoms with E-state index in [1.165, 1.54) is 5.56 Å². The Hall–Kier alpha value is -1.42. The van der Waals surface area contributed by atoms with Crippen molar-refractivity contribution in [2.75, 3.05) is 0 Å². The summed E-state index contributed by atoms with van der Waals surface area (Å²) in [5.41, 5.74) is 1.20. The summed E-state index contributed by atoms with van der Waals surface area (Å²) < 4.78 is 0. The predicted octanol–water partition coefficient (Wildman–Crippen LogP) is 0.790. The predicted molar refractivity (Wildman–Crippen MR) is 71.7 cm³/mol. The molecule has 0 fully saturated rings. The second-order valence-corrected chi connectivity index (χ2v) is 6.59. The Morgan fingerprint density at radius 2 is 1.35 bits per heavy atom. The molecule has 2 rings (SSSR count). The van der Waals surface area contributed by atoms with Gasteiger partial charge in [0.1, 0.15) is 0 Å². The van der Waals surface area contributed by atoms with E-state index in [4.69, 9.17) is 0 Å². The lowest BCUT2D eigenvalue weighted by Gasteiger charge is -2.18. The summed E-state index contributed by atoms with van der Waals surface area (Å²) in [6, 6.07) is 16.6. The highest BCUT2D eigenvalue weighted by Crippen LogP contribution is 2.02. The Balaban J connectivity index is 2.37. The van der Waals surface area contributed by atoms with E-state index in [-0.39, 0.29) is 0 Å². The average Bonchev–Trinajstić information content (AvgIpc) is 2.40. The van der Waals surface area contributed by atoms with Gasteiger partial charge in [0, 0.05) is 0 Å². The lowest BCUT2D eigenvalue weighted by atomic mass is 10.2. The molecule has 0 aliphatic rings. The maximum Gasteiger partial charge on any atom is 0.401 e. The van der Waals surface area contributed by atoms with Gasteiger partial charge >= 0.3 is 8.56 Å². The van der Waals surface area contributed by atoms with Crippen molar-refractivity contribution in [2.24, 2.45) is 0 Å². The van der Waals surface area contributed by atoms with Gasteiger partial charge in [-0.3, -0.25) is 0 Å². The van der Waals surface area contributed by atoms with Gasteiger partial charge in [-0.05, 0) is 22.4 Å². The van der Waals surface area contributed by atoms with Crippen LogP contribution in [0.3, 0.4) is 0 Å². The van der Waals surface area contributed by atoms with Crippen molar-refractivity contribution < 1.29 is 9.59 Å². The van der Waals surface area contributed by atoms with E-state index in [2.05, 4.69) is 6.92 Å². The molecule has 0 spiro atoms. The van der Waals surface area contributed by atoms with Gasteiger partial charge in [0.15, 0.2) is 0 Å². The molecule has 2 N–H and O–H groups in total. The Kier molecular flexibility index (Phi) is 3.42. The van der Waals surface area contributed by atoms with E-state index in [9.17, 15) is 9.59 Å². The molecule has 0 unspecified atom stereocenters. The fourth-order valence-electron chi connectivity index (χ4n) is 1.81. The van der Waals surface area contributed by atoms with Crippen LogP contribution in [0.15, 0.2) is 54.6 Å². The number of aryl methyl sites for hydroxylation is 1. The largest absolute Gasteiger partial charge is 0.404 e. The Bertz CT molecular complexity index is 477. The minimum Gasteiger partial charge on any atom is -0.404 e. The zero-order chi connectivity index (χ0) is 12.3. The van der Waals surface area contributed by atoms with Crippen LogP contribution in [0.25, 0.3) is 0 Å². The molecule has 2 aromatic rings. The molecule has 0 heterocycles. The minimum absolute atomic E-state index is 0.615. The summed E-state index contributed by atoms with van der Waals surface area (Å²) in [6.45, 7) is 2.08. The molecule has 3 heteroatoms. The van der Waals surface area contributed by atoms with Gasteiger partial charge in [0.05, 0.1) is 0 Å². The Labute approximate surface area is 102 Å². The first kappa shape index (κ1) is 12.0. The highest BCUT2D eigenvalue weighted by atomic mass is 28.4.